The zero-order valence-electron chi connectivity index (χ0n) is 12.2. The Balaban J connectivity index is 2.56. The van der Waals surface area contributed by atoms with Gasteiger partial charge in [0.05, 0.1) is 26.7 Å². The van der Waals surface area contributed by atoms with Crippen LogP contribution in [0.1, 0.15) is 24.8 Å². The number of carbonyl (C=O) groups excluding carboxylic acids is 1. The highest BCUT2D eigenvalue weighted by Crippen LogP contribution is 2.28. The molecule has 0 aliphatic carbocycles. The lowest BCUT2D eigenvalue weighted by molar-refractivity contribution is -0.138. The molecule has 0 amide bonds. The molecular weight excluding hydrogens is 276 g/mol. The van der Waals surface area contributed by atoms with Crippen LogP contribution in [0.4, 0.5) is 0 Å². The van der Waals surface area contributed by atoms with E-state index in [1.807, 2.05) is 0 Å². The molecule has 0 saturated carbocycles. The van der Waals surface area contributed by atoms with Crippen molar-refractivity contribution >= 4 is 11.8 Å². The van der Waals surface area contributed by atoms with Gasteiger partial charge in [-0.05, 0) is 24.1 Å². The molecule has 0 heterocycles. The number of methoxy groups -OCH3 is 2. The van der Waals surface area contributed by atoms with Gasteiger partial charge < -0.3 is 19.7 Å². The Hall–Kier alpha value is -2.08. The highest BCUT2D eigenvalue weighted by atomic mass is 16.5. The summed E-state index contributed by atoms with van der Waals surface area (Å²) < 4.78 is 10.3. The molecule has 1 unspecified atom stereocenters. The van der Waals surface area contributed by atoms with E-state index in [-0.39, 0.29) is 25.0 Å². The van der Waals surface area contributed by atoms with E-state index >= 15 is 0 Å². The number of carboxylic acid groups (broad SMARTS) is 1. The number of ketones is 1. The van der Waals surface area contributed by atoms with Crippen LogP contribution in [-0.4, -0.2) is 42.3 Å². The van der Waals surface area contributed by atoms with E-state index < -0.39 is 12.1 Å². The van der Waals surface area contributed by atoms with Gasteiger partial charge in [-0.1, -0.05) is 6.07 Å². The SMILES string of the molecule is COc1ccc(CC(O)CC(=O)CCC(=O)O)cc1OC. The van der Waals surface area contributed by atoms with Crippen molar-refractivity contribution in [3.8, 4) is 11.5 Å². The van der Waals surface area contributed by atoms with E-state index in [2.05, 4.69) is 0 Å². The van der Waals surface area contributed by atoms with Crippen LogP contribution in [0.3, 0.4) is 0 Å². The molecule has 6 nitrogen and oxygen atoms in total. The van der Waals surface area contributed by atoms with Gasteiger partial charge in [0.1, 0.15) is 5.78 Å². The summed E-state index contributed by atoms with van der Waals surface area (Å²) in [5, 5.41) is 18.4. The molecule has 2 N–H and O–H groups in total. The first-order valence-electron chi connectivity index (χ1n) is 6.58. The summed E-state index contributed by atoms with van der Waals surface area (Å²) in [5.41, 5.74) is 0.811. The maximum atomic E-state index is 11.5. The van der Waals surface area contributed by atoms with Crippen molar-refractivity contribution in [1.29, 1.82) is 0 Å². The highest BCUT2D eigenvalue weighted by Gasteiger charge is 2.14. The Morgan fingerprint density at radius 2 is 1.81 bits per heavy atom. The van der Waals surface area contributed by atoms with Crippen molar-refractivity contribution in [2.75, 3.05) is 14.2 Å². The highest BCUT2D eigenvalue weighted by molar-refractivity contribution is 5.82. The van der Waals surface area contributed by atoms with Crippen molar-refractivity contribution in [3.05, 3.63) is 23.8 Å². The average molecular weight is 296 g/mol. The summed E-state index contributed by atoms with van der Waals surface area (Å²) in [6, 6.07) is 5.25. The summed E-state index contributed by atoms with van der Waals surface area (Å²) in [6.45, 7) is 0. The molecular formula is C15H20O6. The second-order valence-corrected chi connectivity index (χ2v) is 4.68. The molecule has 0 aliphatic heterocycles. The van der Waals surface area contributed by atoms with E-state index in [0.717, 1.165) is 5.56 Å². The van der Waals surface area contributed by atoms with Gasteiger partial charge >= 0.3 is 5.97 Å². The minimum Gasteiger partial charge on any atom is -0.493 e. The van der Waals surface area contributed by atoms with Crippen LogP contribution in [0, 0.1) is 0 Å². The number of rotatable bonds is 9. The average Bonchev–Trinajstić information content (AvgIpc) is 2.44. The summed E-state index contributed by atoms with van der Waals surface area (Å²) in [7, 11) is 3.06. The maximum Gasteiger partial charge on any atom is 0.303 e. The van der Waals surface area contributed by atoms with Crippen LogP contribution < -0.4 is 9.47 Å². The molecule has 0 bridgehead atoms. The van der Waals surface area contributed by atoms with E-state index in [1.165, 1.54) is 14.2 Å². The monoisotopic (exact) mass is 296 g/mol. The van der Waals surface area contributed by atoms with E-state index in [0.29, 0.717) is 17.9 Å². The van der Waals surface area contributed by atoms with Crippen LogP contribution in [0.5, 0.6) is 11.5 Å². The third-order valence-corrected chi connectivity index (χ3v) is 3.00. The molecule has 1 aromatic rings. The number of hydrogen-bond acceptors (Lipinski definition) is 5. The number of aliphatic hydroxyl groups excluding tert-OH is 1. The summed E-state index contributed by atoms with van der Waals surface area (Å²) in [4.78, 5) is 21.9. The second kappa shape index (κ2) is 8.26. The molecule has 116 valence electrons. The largest absolute Gasteiger partial charge is 0.493 e. The van der Waals surface area contributed by atoms with E-state index in [1.54, 1.807) is 18.2 Å². The third-order valence-electron chi connectivity index (χ3n) is 3.00. The fraction of sp³-hybridized carbons (Fsp3) is 0.467. The van der Waals surface area contributed by atoms with Gasteiger partial charge in [0, 0.05) is 12.8 Å². The first kappa shape index (κ1) is 17.0. The molecule has 0 spiro atoms. The second-order valence-electron chi connectivity index (χ2n) is 4.68. The molecule has 1 aromatic carbocycles. The van der Waals surface area contributed by atoms with Gasteiger partial charge in [0.25, 0.3) is 0 Å². The zero-order chi connectivity index (χ0) is 15.8. The molecule has 21 heavy (non-hydrogen) atoms. The fourth-order valence-electron chi connectivity index (χ4n) is 1.96. The molecule has 1 atom stereocenters. The van der Waals surface area contributed by atoms with Gasteiger partial charge in [-0.3, -0.25) is 9.59 Å². The van der Waals surface area contributed by atoms with Crippen molar-refractivity contribution in [3.63, 3.8) is 0 Å². The number of aliphatic carboxylic acids is 1. The minimum atomic E-state index is -1.02. The summed E-state index contributed by atoms with van der Waals surface area (Å²) in [6.07, 6.45) is -0.870. The Morgan fingerprint density at radius 1 is 1.14 bits per heavy atom. The van der Waals surface area contributed by atoms with Gasteiger partial charge in [0.15, 0.2) is 11.5 Å². The molecule has 6 heteroatoms. The van der Waals surface area contributed by atoms with Crippen LogP contribution in [0.15, 0.2) is 18.2 Å². The maximum absolute atomic E-state index is 11.5. The van der Waals surface area contributed by atoms with Crippen molar-refractivity contribution < 1.29 is 29.3 Å². The Bertz CT molecular complexity index is 497. The standard InChI is InChI=1S/C15H20O6/c1-20-13-5-3-10(8-14(13)21-2)7-12(17)9-11(16)4-6-15(18)19/h3,5,8,12,17H,4,6-7,9H2,1-2H3,(H,18,19). The smallest absolute Gasteiger partial charge is 0.303 e. The number of ether oxygens (including phenoxy) is 2. The van der Waals surface area contributed by atoms with Gasteiger partial charge in [-0.25, -0.2) is 0 Å². The first-order valence-corrected chi connectivity index (χ1v) is 6.58. The Kier molecular flexibility index (Phi) is 6.68. The Labute approximate surface area is 123 Å². The van der Waals surface area contributed by atoms with E-state index in [4.69, 9.17) is 14.6 Å². The predicted molar refractivity (Wildman–Crippen MR) is 75.8 cm³/mol. The van der Waals surface area contributed by atoms with Gasteiger partial charge in [-0.2, -0.15) is 0 Å². The van der Waals surface area contributed by atoms with Gasteiger partial charge in [-0.15, -0.1) is 0 Å². The fourth-order valence-corrected chi connectivity index (χ4v) is 1.96. The van der Waals surface area contributed by atoms with Crippen molar-refractivity contribution in [2.24, 2.45) is 0 Å². The van der Waals surface area contributed by atoms with Crippen LogP contribution in [0.2, 0.25) is 0 Å². The lowest BCUT2D eigenvalue weighted by Crippen LogP contribution is -2.17. The molecule has 0 radical (unpaired) electrons. The topological polar surface area (TPSA) is 93.1 Å². The normalized spacial score (nSPS) is 11.8. The predicted octanol–water partition coefficient (Wildman–Crippen LogP) is 1.43. The van der Waals surface area contributed by atoms with Crippen molar-refractivity contribution in [1.82, 2.24) is 0 Å². The van der Waals surface area contributed by atoms with Crippen LogP contribution >= 0.6 is 0 Å². The summed E-state index contributed by atoms with van der Waals surface area (Å²) >= 11 is 0. The van der Waals surface area contributed by atoms with Crippen molar-refractivity contribution in [2.45, 2.75) is 31.8 Å². The summed E-state index contributed by atoms with van der Waals surface area (Å²) in [5.74, 6) is -0.129. The number of carbonyl (C=O) groups is 2. The quantitative estimate of drug-likeness (QED) is 0.716. The molecule has 0 aliphatic rings. The molecule has 0 fully saturated rings. The number of aliphatic hydroxyl groups is 1. The minimum absolute atomic E-state index is 0.0539. The number of hydrogen-bond donors (Lipinski definition) is 2. The molecule has 1 rings (SSSR count). The third kappa shape index (κ3) is 5.83. The number of Topliss-reactive ketones (excluding diaryl/α,β-unsaturated/α-hetero) is 1. The van der Waals surface area contributed by atoms with E-state index in [9.17, 15) is 14.7 Å². The Morgan fingerprint density at radius 3 is 2.38 bits per heavy atom. The molecule has 0 aromatic heterocycles. The lowest BCUT2D eigenvalue weighted by atomic mass is 10.0. The number of carboxylic acids is 1. The zero-order valence-corrected chi connectivity index (χ0v) is 12.2. The van der Waals surface area contributed by atoms with Crippen LogP contribution in [-0.2, 0) is 16.0 Å². The molecule has 0 saturated heterocycles. The lowest BCUT2D eigenvalue weighted by Gasteiger charge is -2.12. The number of benzene rings is 1. The first-order chi connectivity index (χ1) is 9.96. The van der Waals surface area contributed by atoms with Crippen LogP contribution in [0.25, 0.3) is 0 Å². The van der Waals surface area contributed by atoms with Gasteiger partial charge in [0.2, 0.25) is 0 Å².